The van der Waals surface area contributed by atoms with Crippen molar-refractivity contribution in [3.05, 3.63) is 46.3 Å². The summed E-state index contributed by atoms with van der Waals surface area (Å²) in [6.45, 7) is 12.5. The minimum atomic E-state index is 0.170. The van der Waals surface area contributed by atoms with Crippen LogP contribution in [0.1, 0.15) is 85.1 Å². The molecule has 3 heteroatoms. The second kappa shape index (κ2) is 7.87. The summed E-state index contributed by atoms with van der Waals surface area (Å²) >= 11 is 0. The van der Waals surface area contributed by atoms with Gasteiger partial charge in [-0.3, -0.25) is 4.79 Å². The van der Waals surface area contributed by atoms with Crippen molar-refractivity contribution in [1.29, 1.82) is 0 Å². The molecule has 24 heavy (non-hydrogen) atoms. The number of carbonyl (C=O) groups is 1. The Morgan fingerprint density at radius 1 is 0.833 bits per heavy atom. The highest BCUT2D eigenvalue weighted by atomic mass is 16.3. The SMILES string of the molecule is CCC(CC(=O)CC(CC)c1occ(C)c1C)c1occ(C)c1C. The molecule has 2 aromatic rings. The first-order valence-electron chi connectivity index (χ1n) is 8.99. The minimum absolute atomic E-state index is 0.170. The number of Topliss-reactive ketones (excluding diaryl/α,β-unsaturated/α-hetero) is 1. The molecule has 0 amide bonds. The molecule has 0 saturated heterocycles. The highest BCUT2D eigenvalue weighted by molar-refractivity contribution is 5.80. The first-order chi connectivity index (χ1) is 11.4. The van der Waals surface area contributed by atoms with Crippen LogP contribution in [0, 0.1) is 27.7 Å². The Bertz CT molecular complexity index is 632. The number of hydrogen-bond donors (Lipinski definition) is 0. The van der Waals surface area contributed by atoms with Crippen molar-refractivity contribution in [2.24, 2.45) is 0 Å². The van der Waals surface area contributed by atoms with Crippen LogP contribution in [-0.4, -0.2) is 5.78 Å². The number of furan rings is 2. The van der Waals surface area contributed by atoms with Crippen LogP contribution in [0.5, 0.6) is 0 Å². The summed E-state index contributed by atoms with van der Waals surface area (Å²) in [4.78, 5) is 12.7. The van der Waals surface area contributed by atoms with Gasteiger partial charge < -0.3 is 8.83 Å². The Kier molecular flexibility index (Phi) is 6.09. The zero-order valence-corrected chi connectivity index (χ0v) is 15.9. The van der Waals surface area contributed by atoms with Crippen molar-refractivity contribution in [3.8, 4) is 0 Å². The first kappa shape index (κ1) is 18.6. The second-order valence-corrected chi connectivity index (χ2v) is 6.97. The van der Waals surface area contributed by atoms with Gasteiger partial charge in [-0.25, -0.2) is 0 Å². The molecule has 0 bridgehead atoms. The standard InChI is InChI=1S/C21H30O3/c1-7-17(20-15(5)13(3)11-23-20)9-19(22)10-18(8-2)21-16(6)14(4)12-24-21/h11-12,17-18H,7-10H2,1-6H3. The van der Waals surface area contributed by atoms with E-state index in [-0.39, 0.29) is 17.6 Å². The lowest BCUT2D eigenvalue weighted by Gasteiger charge is -2.16. The van der Waals surface area contributed by atoms with E-state index in [4.69, 9.17) is 8.83 Å². The van der Waals surface area contributed by atoms with E-state index in [1.54, 1.807) is 12.5 Å². The molecule has 2 atom stereocenters. The van der Waals surface area contributed by atoms with Crippen molar-refractivity contribution in [2.45, 2.75) is 79.1 Å². The van der Waals surface area contributed by atoms with Crippen molar-refractivity contribution in [3.63, 3.8) is 0 Å². The summed E-state index contributed by atoms with van der Waals surface area (Å²) in [5.41, 5.74) is 4.67. The number of hydrogen-bond acceptors (Lipinski definition) is 3. The maximum atomic E-state index is 12.7. The molecule has 0 aliphatic heterocycles. The predicted octanol–water partition coefficient (Wildman–Crippen LogP) is 6.14. The molecular weight excluding hydrogens is 300 g/mol. The molecule has 0 radical (unpaired) electrons. The lowest BCUT2D eigenvalue weighted by molar-refractivity contribution is -0.120. The number of ketones is 1. The monoisotopic (exact) mass is 330 g/mol. The molecule has 2 unspecified atom stereocenters. The van der Waals surface area contributed by atoms with Crippen LogP contribution in [0.4, 0.5) is 0 Å². The Morgan fingerprint density at radius 3 is 1.46 bits per heavy atom. The van der Waals surface area contributed by atoms with Gasteiger partial charge in [0, 0.05) is 24.7 Å². The van der Waals surface area contributed by atoms with Crippen molar-refractivity contribution >= 4 is 5.78 Å². The van der Waals surface area contributed by atoms with E-state index in [1.807, 2.05) is 13.8 Å². The normalized spacial score (nSPS) is 13.9. The van der Waals surface area contributed by atoms with Gasteiger partial charge in [0.2, 0.25) is 0 Å². The summed E-state index contributed by atoms with van der Waals surface area (Å²) in [6.07, 6.45) is 6.49. The van der Waals surface area contributed by atoms with Gasteiger partial charge >= 0.3 is 0 Å². The van der Waals surface area contributed by atoms with Crippen molar-refractivity contribution < 1.29 is 13.6 Å². The van der Waals surface area contributed by atoms with E-state index in [9.17, 15) is 4.79 Å². The van der Waals surface area contributed by atoms with E-state index >= 15 is 0 Å². The fourth-order valence-corrected chi connectivity index (χ4v) is 3.33. The van der Waals surface area contributed by atoms with Gasteiger partial charge in [0.05, 0.1) is 12.5 Å². The number of carbonyl (C=O) groups excluding carboxylic acids is 1. The molecule has 2 heterocycles. The molecule has 3 nitrogen and oxygen atoms in total. The Labute approximate surface area is 145 Å². The Morgan fingerprint density at radius 2 is 1.21 bits per heavy atom. The van der Waals surface area contributed by atoms with Crippen LogP contribution < -0.4 is 0 Å². The van der Waals surface area contributed by atoms with E-state index in [2.05, 4.69) is 27.7 Å². The number of aryl methyl sites for hydroxylation is 2. The maximum absolute atomic E-state index is 12.7. The third-order valence-corrected chi connectivity index (χ3v) is 5.32. The molecule has 0 saturated carbocycles. The molecule has 132 valence electrons. The molecule has 0 aliphatic rings. The second-order valence-electron chi connectivity index (χ2n) is 6.97. The molecule has 0 fully saturated rings. The van der Waals surface area contributed by atoms with Gasteiger partial charge in [0.25, 0.3) is 0 Å². The van der Waals surface area contributed by atoms with E-state index < -0.39 is 0 Å². The van der Waals surface area contributed by atoms with Crippen LogP contribution in [-0.2, 0) is 4.79 Å². The van der Waals surface area contributed by atoms with Crippen LogP contribution in [0.3, 0.4) is 0 Å². The summed E-state index contributed by atoms with van der Waals surface area (Å²) in [7, 11) is 0. The van der Waals surface area contributed by atoms with Gasteiger partial charge in [0.1, 0.15) is 17.3 Å². The Hall–Kier alpha value is -1.77. The fourth-order valence-electron chi connectivity index (χ4n) is 3.33. The average molecular weight is 330 g/mol. The van der Waals surface area contributed by atoms with Crippen LogP contribution >= 0.6 is 0 Å². The highest BCUT2D eigenvalue weighted by Gasteiger charge is 2.24. The van der Waals surface area contributed by atoms with Gasteiger partial charge in [-0.1, -0.05) is 13.8 Å². The van der Waals surface area contributed by atoms with Gasteiger partial charge in [-0.2, -0.15) is 0 Å². The topological polar surface area (TPSA) is 43.4 Å². The van der Waals surface area contributed by atoms with Gasteiger partial charge in [0.15, 0.2) is 0 Å². The third-order valence-electron chi connectivity index (χ3n) is 5.32. The molecule has 0 aromatic carbocycles. The van der Waals surface area contributed by atoms with Crippen molar-refractivity contribution in [1.82, 2.24) is 0 Å². The van der Waals surface area contributed by atoms with E-state index in [1.165, 1.54) is 11.1 Å². The fraction of sp³-hybridized carbons (Fsp3) is 0.571. The van der Waals surface area contributed by atoms with E-state index in [0.717, 1.165) is 35.5 Å². The first-order valence-corrected chi connectivity index (χ1v) is 8.99. The quantitative estimate of drug-likeness (QED) is 0.583. The average Bonchev–Trinajstić information content (AvgIpc) is 3.07. The zero-order chi connectivity index (χ0) is 17.9. The molecule has 2 aromatic heterocycles. The van der Waals surface area contributed by atoms with Crippen LogP contribution in [0.15, 0.2) is 21.4 Å². The van der Waals surface area contributed by atoms with E-state index in [0.29, 0.717) is 12.8 Å². The maximum Gasteiger partial charge on any atom is 0.134 e. The lowest BCUT2D eigenvalue weighted by Crippen LogP contribution is -2.11. The molecule has 0 aliphatic carbocycles. The third kappa shape index (κ3) is 3.82. The molecule has 0 spiro atoms. The highest BCUT2D eigenvalue weighted by Crippen LogP contribution is 2.33. The lowest BCUT2D eigenvalue weighted by atomic mass is 9.88. The smallest absolute Gasteiger partial charge is 0.134 e. The summed E-state index contributed by atoms with van der Waals surface area (Å²) in [5, 5.41) is 0. The summed E-state index contributed by atoms with van der Waals surface area (Å²) < 4.78 is 11.4. The van der Waals surface area contributed by atoms with Gasteiger partial charge in [-0.15, -0.1) is 0 Å². The minimum Gasteiger partial charge on any atom is -0.468 e. The predicted molar refractivity (Wildman–Crippen MR) is 96.7 cm³/mol. The number of rotatable bonds is 8. The molecular formula is C21H30O3. The van der Waals surface area contributed by atoms with Gasteiger partial charge in [-0.05, 0) is 62.8 Å². The Balaban J connectivity index is 2.07. The summed E-state index contributed by atoms with van der Waals surface area (Å²) in [6, 6.07) is 0. The van der Waals surface area contributed by atoms with Crippen LogP contribution in [0.25, 0.3) is 0 Å². The largest absolute Gasteiger partial charge is 0.468 e. The summed E-state index contributed by atoms with van der Waals surface area (Å²) in [5.74, 6) is 2.57. The van der Waals surface area contributed by atoms with Crippen LogP contribution in [0.2, 0.25) is 0 Å². The zero-order valence-electron chi connectivity index (χ0n) is 15.9. The molecule has 0 N–H and O–H groups in total. The molecule has 2 rings (SSSR count). The van der Waals surface area contributed by atoms with Crippen molar-refractivity contribution in [2.75, 3.05) is 0 Å².